The van der Waals surface area contributed by atoms with Crippen LogP contribution >= 0.6 is 12.4 Å². The number of benzene rings is 2. The topological polar surface area (TPSA) is 64.3 Å². The number of carbonyl (C=O) groups excluding carboxylic acids is 1. The van der Waals surface area contributed by atoms with Gasteiger partial charge in [-0.25, -0.2) is 0 Å². The van der Waals surface area contributed by atoms with Crippen LogP contribution in [0.2, 0.25) is 0 Å². The lowest BCUT2D eigenvalue weighted by molar-refractivity contribution is -0.137. The summed E-state index contributed by atoms with van der Waals surface area (Å²) in [5, 5.41) is 2.51. The Hall–Kier alpha value is -2.25. The minimum Gasteiger partial charge on any atom is -0.491 e. The van der Waals surface area contributed by atoms with Gasteiger partial charge in [-0.05, 0) is 43.7 Å². The van der Waals surface area contributed by atoms with Gasteiger partial charge in [0.1, 0.15) is 5.75 Å². The Morgan fingerprint density at radius 2 is 1.85 bits per heavy atom. The summed E-state index contributed by atoms with van der Waals surface area (Å²) in [4.78, 5) is 12.3. The van der Waals surface area contributed by atoms with Gasteiger partial charge in [-0.15, -0.1) is 12.4 Å². The number of para-hydroxylation sites is 1. The van der Waals surface area contributed by atoms with E-state index < -0.39 is 17.6 Å². The predicted molar refractivity (Wildman–Crippen MR) is 101 cm³/mol. The minimum absolute atomic E-state index is 0. The molecule has 4 nitrogen and oxygen atoms in total. The third-order valence-corrected chi connectivity index (χ3v) is 3.53. The van der Waals surface area contributed by atoms with Crippen LogP contribution in [0, 0.1) is 0 Å². The summed E-state index contributed by atoms with van der Waals surface area (Å²) in [6, 6.07) is 10.4. The number of alkyl halides is 3. The number of anilines is 1. The third-order valence-electron chi connectivity index (χ3n) is 3.53. The first-order valence-electron chi connectivity index (χ1n) is 8.14. The van der Waals surface area contributed by atoms with Crippen molar-refractivity contribution in [1.29, 1.82) is 0 Å². The Labute approximate surface area is 162 Å². The first kappa shape index (κ1) is 22.8. The van der Waals surface area contributed by atoms with Gasteiger partial charge >= 0.3 is 6.18 Å². The lowest BCUT2D eigenvalue weighted by Crippen LogP contribution is -2.17. The molecule has 8 heteroatoms. The molecule has 0 atom stereocenters. The molecule has 0 bridgehead atoms. The number of amides is 1. The first-order valence-corrected chi connectivity index (χ1v) is 8.14. The number of ether oxygens (including phenoxy) is 1. The van der Waals surface area contributed by atoms with Crippen LogP contribution in [-0.2, 0) is 23.9 Å². The van der Waals surface area contributed by atoms with Gasteiger partial charge < -0.3 is 15.8 Å². The van der Waals surface area contributed by atoms with Crippen molar-refractivity contribution in [3.8, 4) is 5.75 Å². The SMILES string of the molecule is CC(C)Oc1ccccc1CC(=O)Nc1cc(CN)cc(C(F)(F)F)c1.Cl. The maximum absolute atomic E-state index is 13.0. The summed E-state index contributed by atoms with van der Waals surface area (Å²) in [5.74, 6) is 0.136. The summed E-state index contributed by atoms with van der Waals surface area (Å²) < 4.78 is 44.6. The van der Waals surface area contributed by atoms with Crippen molar-refractivity contribution in [3.05, 3.63) is 59.2 Å². The number of rotatable bonds is 6. The Morgan fingerprint density at radius 3 is 2.44 bits per heavy atom. The van der Waals surface area contributed by atoms with Crippen molar-refractivity contribution in [2.45, 2.75) is 39.1 Å². The number of nitrogens with two attached hydrogens (primary N) is 1. The molecule has 2 aromatic rings. The summed E-state index contributed by atoms with van der Waals surface area (Å²) in [5.41, 5.74) is 5.62. The van der Waals surface area contributed by atoms with Crippen LogP contribution in [0.3, 0.4) is 0 Å². The molecule has 0 aromatic heterocycles. The third kappa shape index (κ3) is 6.77. The van der Waals surface area contributed by atoms with Gasteiger partial charge in [0.2, 0.25) is 5.91 Å². The molecule has 148 valence electrons. The van der Waals surface area contributed by atoms with Crippen LogP contribution in [0.25, 0.3) is 0 Å². The van der Waals surface area contributed by atoms with Crippen molar-refractivity contribution < 1.29 is 22.7 Å². The Kier molecular flexibility index (Phi) is 8.12. The quantitative estimate of drug-likeness (QED) is 0.744. The molecule has 1 amide bonds. The van der Waals surface area contributed by atoms with E-state index in [2.05, 4.69) is 5.32 Å². The predicted octanol–water partition coefficient (Wildman–Crippen LogP) is 4.55. The molecular weight excluding hydrogens is 381 g/mol. The number of nitrogens with one attached hydrogen (secondary N) is 1. The van der Waals surface area contributed by atoms with E-state index in [1.807, 2.05) is 13.8 Å². The van der Waals surface area contributed by atoms with Gasteiger partial charge in [0.05, 0.1) is 18.1 Å². The summed E-state index contributed by atoms with van der Waals surface area (Å²) in [6.07, 6.45) is -4.59. The number of halogens is 4. The smallest absolute Gasteiger partial charge is 0.416 e. The highest BCUT2D eigenvalue weighted by atomic mass is 35.5. The molecule has 3 N–H and O–H groups in total. The standard InChI is InChI=1S/C19H21F3N2O2.ClH/c1-12(2)26-17-6-4-3-5-14(17)9-18(25)24-16-8-13(11-23)7-15(10-16)19(20,21)22;/h3-8,10,12H,9,11,23H2,1-2H3,(H,24,25);1H. The number of carbonyl (C=O) groups is 1. The molecule has 0 spiro atoms. The van der Waals surface area contributed by atoms with Gasteiger partial charge in [-0.3, -0.25) is 4.79 Å². The lowest BCUT2D eigenvalue weighted by Gasteiger charge is -2.15. The van der Waals surface area contributed by atoms with Crippen LogP contribution in [0.4, 0.5) is 18.9 Å². The van der Waals surface area contributed by atoms with E-state index in [-0.39, 0.29) is 37.2 Å². The van der Waals surface area contributed by atoms with Crippen LogP contribution in [0.5, 0.6) is 5.75 Å². The molecule has 2 rings (SSSR count). The lowest BCUT2D eigenvalue weighted by atomic mass is 10.1. The average molecular weight is 403 g/mol. The Morgan fingerprint density at radius 1 is 1.19 bits per heavy atom. The zero-order valence-electron chi connectivity index (χ0n) is 15.0. The Bertz CT molecular complexity index is 780. The highest BCUT2D eigenvalue weighted by Crippen LogP contribution is 2.32. The fourth-order valence-electron chi connectivity index (χ4n) is 2.44. The highest BCUT2D eigenvalue weighted by Gasteiger charge is 2.31. The van der Waals surface area contributed by atoms with E-state index in [1.165, 1.54) is 6.07 Å². The second kappa shape index (κ2) is 9.62. The molecule has 0 radical (unpaired) electrons. The summed E-state index contributed by atoms with van der Waals surface area (Å²) in [6.45, 7) is 3.68. The van der Waals surface area contributed by atoms with Crippen LogP contribution in [-0.4, -0.2) is 12.0 Å². The molecule has 2 aromatic carbocycles. The van der Waals surface area contributed by atoms with E-state index in [4.69, 9.17) is 10.5 Å². The monoisotopic (exact) mass is 402 g/mol. The van der Waals surface area contributed by atoms with Crippen molar-refractivity contribution in [2.24, 2.45) is 5.73 Å². The van der Waals surface area contributed by atoms with Crippen molar-refractivity contribution >= 4 is 24.0 Å². The van der Waals surface area contributed by atoms with E-state index in [0.29, 0.717) is 16.9 Å². The van der Waals surface area contributed by atoms with Crippen molar-refractivity contribution in [3.63, 3.8) is 0 Å². The zero-order chi connectivity index (χ0) is 19.3. The molecule has 0 heterocycles. The second-order valence-electron chi connectivity index (χ2n) is 6.12. The summed E-state index contributed by atoms with van der Waals surface area (Å²) in [7, 11) is 0. The van der Waals surface area contributed by atoms with Crippen molar-refractivity contribution in [2.75, 3.05) is 5.32 Å². The van der Waals surface area contributed by atoms with Crippen molar-refractivity contribution in [1.82, 2.24) is 0 Å². The fourth-order valence-corrected chi connectivity index (χ4v) is 2.44. The van der Waals surface area contributed by atoms with Gasteiger partial charge in [0.25, 0.3) is 0 Å². The minimum atomic E-state index is -4.51. The average Bonchev–Trinajstić information content (AvgIpc) is 2.55. The Balaban J connectivity index is 0.00000364. The summed E-state index contributed by atoms with van der Waals surface area (Å²) >= 11 is 0. The normalized spacial score (nSPS) is 11.1. The molecule has 0 aliphatic rings. The first-order chi connectivity index (χ1) is 12.2. The maximum Gasteiger partial charge on any atom is 0.416 e. The molecule has 0 fully saturated rings. The number of hydrogen-bond acceptors (Lipinski definition) is 3. The van der Waals surface area contributed by atoms with Crippen LogP contribution < -0.4 is 15.8 Å². The molecule has 0 saturated heterocycles. The van der Waals surface area contributed by atoms with E-state index >= 15 is 0 Å². The maximum atomic E-state index is 13.0. The van der Waals surface area contributed by atoms with Gasteiger partial charge in [0.15, 0.2) is 0 Å². The van der Waals surface area contributed by atoms with E-state index in [1.54, 1.807) is 24.3 Å². The van der Waals surface area contributed by atoms with E-state index in [9.17, 15) is 18.0 Å². The van der Waals surface area contributed by atoms with Gasteiger partial charge in [0, 0.05) is 17.8 Å². The molecule has 0 unspecified atom stereocenters. The zero-order valence-corrected chi connectivity index (χ0v) is 15.8. The molecular formula is C19H22ClF3N2O2. The highest BCUT2D eigenvalue weighted by molar-refractivity contribution is 5.92. The van der Waals surface area contributed by atoms with Crippen LogP contribution in [0.1, 0.15) is 30.5 Å². The van der Waals surface area contributed by atoms with Gasteiger partial charge in [-0.1, -0.05) is 18.2 Å². The molecule has 0 aliphatic carbocycles. The fraction of sp³-hybridized carbons (Fsp3) is 0.316. The number of hydrogen-bond donors (Lipinski definition) is 2. The van der Waals surface area contributed by atoms with Gasteiger partial charge in [-0.2, -0.15) is 13.2 Å². The molecule has 0 aliphatic heterocycles. The largest absolute Gasteiger partial charge is 0.491 e. The van der Waals surface area contributed by atoms with Crippen LogP contribution in [0.15, 0.2) is 42.5 Å². The molecule has 0 saturated carbocycles. The molecule has 27 heavy (non-hydrogen) atoms. The van der Waals surface area contributed by atoms with E-state index in [0.717, 1.165) is 12.1 Å². The second-order valence-corrected chi connectivity index (χ2v) is 6.12.